The molecule has 4 heteroatoms. The van der Waals surface area contributed by atoms with Crippen LogP contribution in [0.15, 0.2) is 0 Å². The lowest BCUT2D eigenvalue weighted by Crippen LogP contribution is -2.49. The van der Waals surface area contributed by atoms with Crippen molar-refractivity contribution >= 4 is 5.97 Å². The van der Waals surface area contributed by atoms with Gasteiger partial charge in [0.25, 0.3) is 0 Å². The van der Waals surface area contributed by atoms with Crippen LogP contribution in [0, 0.1) is 5.41 Å². The number of piperidine rings is 1. The predicted molar refractivity (Wildman–Crippen MR) is 71.6 cm³/mol. The minimum Gasteiger partial charge on any atom is -0.481 e. The molecule has 1 saturated heterocycles. The standard InChI is InChI=1S/C14H27NO3/c1-4-13(12(16)17)7-9-15(10-8-13)11-14(18,5-2)6-3/h18H,4-11H2,1-3H3,(H,16,17). The summed E-state index contributed by atoms with van der Waals surface area (Å²) in [6.45, 7) is 8.19. The zero-order valence-corrected chi connectivity index (χ0v) is 11.9. The predicted octanol–water partition coefficient (Wildman–Crippen LogP) is 2.11. The van der Waals surface area contributed by atoms with Gasteiger partial charge in [0.1, 0.15) is 0 Å². The van der Waals surface area contributed by atoms with Crippen molar-refractivity contribution in [1.82, 2.24) is 4.90 Å². The molecule has 0 atom stereocenters. The Hall–Kier alpha value is -0.610. The maximum Gasteiger partial charge on any atom is 0.309 e. The summed E-state index contributed by atoms with van der Waals surface area (Å²) in [4.78, 5) is 13.6. The van der Waals surface area contributed by atoms with Crippen LogP contribution < -0.4 is 0 Å². The molecule has 1 rings (SSSR count). The van der Waals surface area contributed by atoms with Crippen LogP contribution in [0.2, 0.25) is 0 Å². The van der Waals surface area contributed by atoms with Crippen LogP contribution >= 0.6 is 0 Å². The van der Waals surface area contributed by atoms with E-state index in [9.17, 15) is 15.0 Å². The summed E-state index contributed by atoms with van der Waals surface area (Å²) in [5.41, 5.74) is -1.15. The van der Waals surface area contributed by atoms with Crippen LogP contribution in [0.4, 0.5) is 0 Å². The van der Waals surface area contributed by atoms with E-state index in [1.54, 1.807) is 0 Å². The zero-order valence-electron chi connectivity index (χ0n) is 11.9. The van der Waals surface area contributed by atoms with E-state index in [-0.39, 0.29) is 0 Å². The Balaban J connectivity index is 2.56. The highest BCUT2D eigenvalue weighted by molar-refractivity contribution is 5.74. The molecule has 4 nitrogen and oxygen atoms in total. The number of β-amino-alcohol motifs (C(OH)–C–C–N with tert-alkyl or cyclic N) is 1. The molecular weight excluding hydrogens is 230 g/mol. The Morgan fingerprint density at radius 1 is 1.22 bits per heavy atom. The van der Waals surface area contributed by atoms with E-state index in [1.807, 2.05) is 20.8 Å². The van der Waals surface area contributed by atoms with Gasteiger partial charge in [-0.3, -0.25) is 4.79 Å². The SMILES string of the molecule is CCC(O)(CC)CN1CCC(CC)(C(=O)O)CC1. The molecule has 2 N–H and O–H groups in total. The molecule has 0 aromatic carbocycles. The summed E-state index contributed by atoms with van der Waals surface area (Å²) in [6.07, 6.45) is 3.59. The van der Waals surface area contributed by atoms with Crippen molar-refractivity contribution in [3.05, 3.63) is 0 Å². The van der Waals surface area contributed by atoms with Crippen molar-refractivity contribution in [1.29, 1.82) is 0 Å². The molecule has 0 aromatic heterocycles. The first-order valence-electron chi connectivity index (χ1n) is 7.09. The highest BCUT2D eigenvalue weighted by atomic mass is 16.4. The molecule has 0 unspecified atom stereocenters. The maximum atomic E-state index is 11.3. The van der Waals surface area contributed by atoms with E-state index < -0.39 is 17.0 Å². The summed E-state index contributed by atoms with van der Waals surface area (Å²) in [5, 5.41) is 19.7. The third-order valence-corrected chi connectivity index (χ3v) is 4.78. The van der Waals surface area contributed by atoms with Gasteiger partial charge in [0.15, 0.2) is 0 Å². The summed E-state index contributed by atoms with van der Waals surface area (Å²) in [5.74, 6) is -0.661. The molecule has 0 spiro atoms. The van der Waals surface area contributed by atoms with Crippen LogP contribution in [0.3, 0.4) is 0 Å². The van der Waals surface area contributed by atoms with Crippen molar-refractivity contribution in [3.63, 3.8) is 0 Å². The van der Waals surface area contributed by atoms with Crippen molar-refractivity contribution < 1.29 is 15.0 Å². The molecule has 0 saturated carbocycles. The maximum absolute atomic E-state index is 11.3. The van der Waals surface area contributed by atoms with Gasteiger partial charge in [-0.05, 0) is 45.2 Å². The van der Waals surface area contributed by atoms with E-state index in [0.717, 1.165) is 25.9 Å². The number of rotatable bonds is 6. The number of carbonyl (C=O) groups is 1. The van der Waals surface area contributed by atoms with E-state index >= 15 is 0 Å². The Kier molecular flexibility index (Phi) is 5.17. The molecule has 1 heterocycles. The van der Waals surface area contributed by atoms with Gasteiger partial charge < -0.3 is 15.1 Å². The number of hydrogen-bond donors (Lipinski definition) is 2. The highest BCUT2D eigenvalue weighted by Gasteiger charge is 2.40. The van der Waals surface area contributed by atoms with Gasteiger partial charge in [0.05, 0.1) is 11.0 Å². The number of aliphatic hydroxyl groups is 1. The Morgan fingerprint density at radius 2 is 1.72 bits per heavy atom. The average Bonchev–Trinajstić information content (AvgIpc) is 2.39. The number of hydrogen-bond acceptors (Lipinski definition) is 3. The van der Waals surface area contributed by atoms with E-state index in [0.29, 0.717) is 25.8 Å². The number of carboxylic acid groups (broad SMARTS) is 1. The smallest absolute Gasteiger partial charge is 0.309 e. The van der Waals surface area contributed by atoms with Crippen molar-refractivity contribution in [2.75, 3.05) is 19.6 Å². The number of aliphatic carboxylic acids is 1. The summed E-state index contributed by atoms with van der Waals surface area (Å²) in [6, 6.07) is 0. The van der Waals surface area contributed by atoms with E-state index in [2.05, 4.69) is 4.90 Å². The van der Waals surface area contributed by atoms with Crippen molar-refractivity contribution in [2.24, 2.45) is 5.41 Å². The molecule has 106 valence electrons. The van der Waals surface area contributed by atoms with Gasteiger partial charge in [0, 0.05) is 6.54 Å². The lowest BCUT2D eigenvalue weighted by molar-refractivity contribution is -0.152. The molecular formula is C14H27NO3. The fraction of sp³-hybridized carbons (Fsp3) is 0.929. The molecule has 1 aliphatic heterocycles. The Morgan fingerprint density at radius 3 is 2.06 bits per heavy atom. The van der Waals surface area contributed by atoms with Crippen LogP contribution in [0.5, 0.6) is 0 Å². The zero-order chi connectivity index (χ0) is 13.8. The van der Waals surface area contributed by atoms with Crippen LogP contribution in [-0.2, 0) is 4.79 Å². The highest BCUT2D eigenvalue weighted by Crippen LogP contribution is 2.35. The topological polar surface area (TPSA) is 60.8 Å². The molecule has 0 bridgehead atoms. The first kappa shape index (κ1) is 15.4. The molecule has 0 amide bonds. The monoisotopic (exact) mass is 257 g/mol. The summed E-state index contributed by atoms with van der Waals surface area (Å²) < 4.78 is 0. The van der Waals surface area contributed by atoms with Crippen LogP contribution in [-0.4, -0.2) is 46.3 Å². The number of carboxylic acids is 1. The fourth-order valence-corrected chi connectivity index (χ4v) is 2.75. The lowest BCUT2D eigenvalue weighted by Gasteiger charge is -2.41. The minimum atomic E-state index is -0.661. The van der Waals surface area contributed by atoms with E-state index in [4.69, 9.17) is 0 Å². The quantitative estimate of drug-likeness (QED) is 0.765. The van der Waals surface area contributed by atoms with Gasteiger partial charge in [-0.25, -0.2) is 0 Å². The van der Waals surface area contributed by atoms with E-state index in [1.165, 1.54) is 0 Å². The molecule has 1 fully saturated rings. The summed E-state index contributed by atoms with van der Waals surface area (Å²) in [7, 11) is 0. The van der Waals surface area contributed by atoms with Crippen LogP contribution in [0.25, 0.3) is 0 Å². The molecule has 1 aliphatic rings. The third kappa shape index (κ3) is 3.23. The van der Waals surface area contributed by atoms with Crippen molar-refractivity contribution in [2.45, 2.75) is 58.5 Å². The Bertz CT molecular complexity index is 279. The van der Waals surface area contributed by atoms with Gasteiger partial charge in [-0.2, -0.15) is 0 Å². The van der Waals surface area contributed by atoms with Gasteiger partial charge in [-0.15, -0.1) is 0 Å². The third-order valence-electron chi connectivity index (χ3n) is 4.78. The molecule has 0 radical (unpaired) electrons. The first-order chi connectivity index (χ1) is 8.41. The minimum absolute atomic E-state index is 0.535. The van der Waals surface area contributed by atoms with Gasteiger partial charge in [-0.1, -0.05) is 20.8 Å². The largest absolute Gasteiger partial charge is 0.481 e. The van der Waals surface area contributed by atoms with Gasteiger partial charge >= 0.3 is 5.97 Å². The molecule has 0 aliphatic carbocycles. The normalized spacial score (nSPS) is 20.9. The summed E-state index contributed by atoms with van der Waals surface area (Å²) >= 11 is 0. The van der Waals surface area contributed by atoms with Crippen LogP contribution in [0.1, 0.15) is 52.9 Å². The lowest BCUT2D eigenvalue weighted by atomic mass is 9.76. The number of nitrogens with zero attached hydrogens (tertiary/aromatic N) is 1. The first-order valence-corrected chi connectivity index (χ1v) is 7.09. The molecule has 0 aromatic rings. The molecule has 18 heavy (non-hydrogen) atoms. The second kappa shape index (κ2) is 6.02. The van der Waals surface area contributed by atoms with Gasteiger partial charge in [0.2, 0.25) is 0 Å². The second-order valence-corrected chi connectivity index (χ2v) is 5.65. The fourth-order valence-electron chi connectivity index (χ4n) is 2.75. The Labute approximate surface area is 110 Å². The van der Waals surface area contributed by atoms with Crippen molar-refractivity contribution in [3.8, 4) is 0 Å². The average molecular weight is 257 g/mol. The second-order valence-electron chi connectivity index (χ2n) is 5.65. The number of likely N-dealkylation sites (tertiary alicyclic amines) is 1.